The van der Waals surface area contributed by atoms with Gasteiger partial charge in [-0.15, -0.1) is 0 Å². The van der Waals surface area contributed by atoms with Gasteiger partial charge in [0.05, 0.1) is 0 Å². The summed E-state index contributed by atoms with van der Waals surface area (Å²) in [4.78, 5) is 0. The Balaban J connectivity index is 1.72. The number of fused-ring (bicyclic) bond motifs is 1. The van der Waals surface area contributed by atoms with Gasteiger partial charge in [-0.1, -0.05) is 41.9 Å². The fourth-order valence-electron chi connectivity index (χ4n) is 3.86. The lowest BCUT2D eigenvalue weighted by atomic mass is 9.77. The van der Waals surface area contributed by atoms with Gasteiger partial charge in [0.25, 0.3) is 0 Å². The number of halogens is 1. The summed E-state index contributed by atoms with van der Waals surface area (Å²) in [7, 11) is 0. The molecule has 2 fully saturated rings. The van der Waals surface area contributed by atoms with Crippen molar-refractivity contribution in [3.63, 3.8) is 0 Å². The topological polar surface area (TPSA) is 12.0 Å². The molecular formula is C17H24BrN. The van der Waals surface area contributed by atoms with Gasteiger partial charge >= 0.3 is 0 Å². The molecule has 2 saturated carbocycles. The van der Waals surface area contributed by atoms with Gasteiger partial charge < -0.3 is 5.32 Å². The monoisotopic (exact) mass is 321 g/mol. The van der Waals surface area contributed by atoms with E-state index < -0.39 is 0 Å². The van der Waals surface area contributed by atoms with E-state index in [0.29, 0.717) is 11.5 Å². The van der Waals surface area contributed by atoms with Crippen LogP contribution in [0.25, 0.3) is 0 Å². The lowest BCUT2D eigenvalue weighted by Crippen LogP contribution is -2.38. The van der Waals surface area contributed by atoms with Gasteiger partial charge in [0.1, 0.15) is 0 Å². The van der Waals surface area contributed by atoms with Gasteiger partial charge in [-0.05, 0) is 60.6 Å². The summed E-state index contributed by atoms with van der Waals surface area (Å²) in [6, 6.07) is 9.46. The third-order valence-corrected chi connectivity index (χ3v) is 5.31. The Labute approximate surface area is 125 Å². The first-order chi connectivity index (χ1) is 9.06. The zero-order valence-corrected chi connectivity index (χ0v) is 13.5. The van der Waals surface area contributed by atoms with E-state index in [1.54, 1.807) is 0 Å². The molecule has 19 heavy (non-hydrogen) atoms. The van der Waals surface area contributed by atoms with Gasteiger partial charge in [-0.3, -0.25) is 0 Å². The molecule has 2 aliphatic carbocycles. The highest BCUT2D eigenvalue weighted by Crippen LogP contribution is 2.60. The molecule has 0 heterocycles. The maximum absolute atomic E-state index is 3.69. The van der Waals surface area contributed by atoms with Crippen LogP contribution in [0.15, 0.2) is 28.7 Å². The average molecular weight is 322 g/mol. The number of benzene rings is 1. The summed E-state index contributed by atoms with van der Waals surface area (Å²) >= 11 is 3.60. The first-order valence-electron chi connectivity index (χ1n) is 7.54. The number of hydrogen-bond donors (Lipinski definition) is 1. The second kappa shape index (κ2) is 5.21. The van der Waals surface area contributed by atoms with Crippen molar-refractivity contribution in [2.75, 3.05) is 6.54 Å². The summed E-state index contributed by atoms with van der Waals surface area (Å²) in [5.74, 6) is 2.09. The average Bonchev–Trinajstić information content (AvgIpc) is 2.95. The van der Waals surface area contributed by atoms with Crippen molar-refractivity contribution < 1.29 is 0 Å². The lowest BCUT2D eigenvalue weighted by molar-refractivity contribution is 0.241. The van der Waals surface area contributed by atoms with Crippen LogP contribution in [0, 0.1) is 17.3 Å². The highest BCUT2D eigenvalue weighted by Gasteiger charge is 2.53. The Morgan fingerprint density at radius 1 is 1.32 bits per heavy atom. The molecule has 0 amide bonds. The molecule has 0 radical (unpaired) electrons. The lowest BCUT2D eigenvalue weighted by Gasteiger charge is -2.32. The Kier molecular flexibility index (Phi) is 3.74. The summed E-state index contributed by atoms with van der Waals surface area (Å²) in [5, 5.41) is 3.69. The summed E-state index contributed by atoms with van der Waals surface area (Å²) in [6.45, 7) is 5.69. The largest absolute Gasteiger partial charge is 0.314 e. The van der Waals surface area contributed by atoms with E-state index in [-0.39, 0.29) is 0 Å². The van der Waals surface area contributed by atoms with E-state index in [1.165, 1.54) is 42.3 Å². The van der Waals surface area contributed by atoms with E-state index in [2.05, 4.69) is 59.4 Å². The number of hydrogen-bond acceptors (Lipinski definition) is 1. The zero-order valence-electron chi connectivity index (χ0n) is 12.0. The normalized spacial score (nSPS) is 32.6. The Morgan fingerprint density at radius 3 is 2.68 bits per heavy atom. The molecule has 104 valence electrons. The minimum Gasteiger partial charge on any atom is -0.314 e. The van der Waals surface area contributed by atoms with Crippen molar-refractivity contribution in [1.29, 1.82) is 0 Å². The molecule has 1 aromatic rings. The smallest absolute Gasteiger partial charge is 0.0177 e. The molecule has 2 atom stereocenters. The van der Waals surface area contributed by atoms with Crippen LogP contribution in [0.5, 0.6) is 0 Å². The maximum Gasteiger partial charge on any atom is 0.0177 e. The van der Waals surface area contributed by atoms with E-state index in [0.717, 1.165) is 11.8 Å². The van der Waals surface area contributed by atoms with E-state index >= 15 is 0 Å². The molecule has 2 heteroatoms. The molecule has 0 bridgehead atoms. The minimum absolute atomic E-state index is 0.513. The van der Waals surface area contributed by atoms with Crippen LogP contribution in [0.3, 0.4) is 0 Å². The first-order valence-corrected chi connectivity index (χ1v) is 8.33. The van der Waals surface area contributed by atoms with E-state index in [9.17, 15) is 0 Å². The van der Waals surface area contributed by atoms with Crippen molar-refractivity contribution in [3.05, 3.63) is 34.3 Å². The van der Waals surface area contributed by atoms with Crippen molar-refractivity contribution in [3.8, 4) is 0 Å². The molecular weight excluding hydrogens is 298 g/mol. The van der Waals surface area contributed by atoms with Crippen LogP contribution < -0.4 is 5.32 Å². The Bertz CT molecular complexity index is 444. The summed E-state index contributed by atoms with van der Waals surface area (Å²) < 4.78 is 1.21. The van der Waals surface area contributed by atoms with E-state index in [1.807, 2.05) is 0 Å². The van der Waals surface area contributed by atoms with Crippen molar-refractivity contribution in [2.24, 2.45) is 17.3 Å². The predicted molar refractivity (Wildman–Crippen MR) is 84.2 cm³/mol. The minimum atomic E-state index is 0.513. The van der Waals surface area contributed by atoms with Crippen LogP contribution in [0.2, 0.25) is 0 Å². The van der Waals surface area contributed by atoms with Crippen LogP contribution in [0.1, 0.15) is 38.7 Å². The SMILES string of the molecule is CC(C)NCC1(Cc2cccc(Br)c2)CC2CC2C1. The number of rotatable bonds is 5. The van der Waals surface area contributed by atoms with Gasteiger partial charge in [-0.2, -0.15) is 0 Å². The van der Waals surface area contributed by atoms with Crippen molar-refractivity contribution in [2.45, 2.75) is 45.6 Å². The molecule has 1 aromatic carbocycles. The Hall–Kier alpha value is -0.340. The van der Waals surface area contributed by atoms with Crippen LogP contribution in [-0.4, -0.2) is 12.6 Å². The third-order valence-electron chi connectivity index (χ3n) is 4.81. The Morgan fingerprint density at radius 2 is 2.05 bits per heavy atom. The zero-order chi connectivity index (χ0) is 13.5. The molecule has 1 nitrogen and oxygen atoms in total. The van der Waals surface area contributed by atoms with Gasteiger partial charge in [-0.25, -0.2) is 0 Å². The molecule has 0 spiro atoms. The number of nitrogens with one attached hydrogen (secondary N) is 1. The standard InChI is InChI=1S/C17H24BrN/c1-12(2)19-11-17(9-14-7-15(14)10-17)8-13-4-3-5-16(18)6-13/h3-6,12,14-15,19H,7-11H2,1-2H3. The second-order valence-corrected chi connectivity index (χ2v) is 7.92. The molecule has 2 aliphatic rings. The van der Waals surface area contributed by atoms with Crippen LogP contribution >= 0.6 is 15.9 Å². The first kappa shape index (κ1) is 13.6. The molecule has 2 unspecified atom stereocenters. The quantitative estimate of drug-likeness (QED) is 0.847. The van der Waals surface area contributed by atoms with Crippen molar-refractivity contribution in [1.82, 2.24) is 5.32 Å². The highest BCUT2D eigenvalue weighted by molar-refractivity contribution is 9.10. The van der Waals surface area contributed by atoms with Crippen LogP contribution in [-0.2, 0) is 6.42 Å². The fraction of sp³-hybridized carbons (Fsp3) is 0.647. The van der Waals surface area contributed by atoms with Gasteiger partial charge in [0, 0.05) is 17.1 Å². The summed E-state index contributed by atoms with van der Waals surface area (Å²) in [6.07, 6.45) is 5.61. The molecule has 0 aromatic heterocycles. The highest BCUT2D eigenvalue weighted by atomic mass is 79.9. The maximum atomic E-state index is 3.69. The van der Waals surface area contributed by atoms with Crippen molar-refractivity contribution >= 4 is 15.9 Å². The second-order valence-electron chi connectivity index (χ2n) is 7.01. The van der Waals surface area contributed by atoms with Gasteiger partial charge in [0.2, 0.25) is 0 Å². The third kappa shape index (κ3) is 3.22. The molecule has 3 rings (SSSR count). The summed E-state index contributed by atoms with van der Waals surface area (Å²) in [5.41, 5.74) is 2.00. The fourth-order valence-corrected chi connectivity index (χ4v) is 4.30. The van der Waals surface area contributed by atoms with Crippen LogP contribution in [0.4, 0.5) is 0 Å². The molecule has 0 aliphatic heterocycles. The molecule has 1 N–H and O–H groups in total. The predicted octanol–water partition coefficient (Wildman–Crippen LogP) is 4.41. The van der Waals surface area contributed by atoms with E-state index in [4.69, 9.17) is 0 Å². The van der Waals surface area contributed by atoms with Gasteiger partial charge in [0.15, 0.2) is 0 Å². The molecule has 0 saturated heterocycles.